The molecule has 0 spiro atoms. The topological polar surface area (TPSA) is 35.5 Å². The summed E-state index contributed by atoms with van der Waals surface area (Å²) in [7, 11) is 1.42. The molecule has 0 amide bonds. The average molecular weight is 248 g/mol. The highest BCUT2D eigenvalue weighted by Gasteiger charge is 2.45. The van der Waals surface area contributed by atoms with Gasteiger partial charge < -0.3 is 9.47 Å². The van der Waals surface area contributed by atoms with Gasteiger partial charge in [0.15, 0.2) is 0 Å². The van der Waals surface area contributed by atoms with E-state index >= 15 is 0 Å². The van der Waals surface area contributed by atoms with Crippen molar-refractivity contribution >= 4 is 5.97 Å². The molecule has 1 fully saturated rings. The first-order valence-corrected chi connectivity index (χ1v) is 6.42. The van der Waals surface area contributed by atoms with Crippen LogP contribution in [0.4, 0.5) is 0 Å². The van der Waals surface area contributed by atoms with Gasteiger partial charge in [0.1, 0.15) is 5.75 Å². The van der Waals surface area contributed by atoms with Crippen LogP contribution in [0.3, 0.4) is 0 Å². The molecule has 0 unspecified atom stereocenters. The maximum Gasteiger partial charge on any atom is 0.350 e. The van der Waals surface area contributed by atoms with Gasteiger partial charge in [-0.3, -0.25) is 0 Å². The zero-order valence-electron chi connectivity index (χ0n) is 11.3. The summed E-state index contributed by atoms with van der Waals surface area (Å²) >= 11 is 0. The fourth-order valence-electron chi connectivity index (χ4n) is 2.60. The van der Waals surface area contributed by atoms with Gasteiger partial charge in [-0.2, -0.15) is 0 Å². The zero-order chi connectivity index (χ0) is 13.2. The summed E-state index contributed by atoms with van der Waals surface area (Å²) < 4.78 is 10.9. The number of carbonyl (C=O) groups excluding carboxylic acids is 1. The Hall–Kier alpha value is -1.51. The van der Waals surface area contributed by atoms with E-state index in [-0.39, 0.29) is 5.97 Å². The molecule has 0 bridgehead atoms. The van der Waals surface area contributed by atoms with E-state index in [2.05, 4.69) is 6.07 Å². The van der Waals surface area contributed by atoms with Gasteiger partial charge in [0.25, 0.3) is 0 Å². The van der Waals surface area contributed by atoms with Crippen LogP contribution in [-0.4, -0.2) is 18.7 Å². The molecular formula is C15H20O3. The third-order valence-corrected chi connectivity index (χ3v) is 3.60. The quantitative estimate of drug-likeness (QED) is 0.771. The second-order valence-corrected chi connectivity index (χ2v) is 5.06. The summed E-state index contributed by atoms with van der Waals surface area (Å²) in [6, 6.07) is 6.01. The van der Waals surface area contributed by atoms with Crippen molar-refractivity contribution in [3.63, 3.8) is 0 Å². The van der Waals surface area contributed by atoms with E-state index < -0.39 is 5.60 Å². The molecule has 1 aromatic rings. The molecular weight excluding hydrogens is 228 g/mol. The lowest BCUT2D eigenvalue weighted by molar-refractivity contribution is -0.158. The van der Waals surface area contributed by atoms with Crippen LogP contribution in [0.1, 0.15) is 36.8 Å². The van der Waals surface area contributed by atoms with Crippen molar-refractivity contribution in [1.82, 2.24) is 0 Å². The van der Waals surface area contributed by atoms with Crippen LogP contribution in [0.25, 0.3) is 0 Å². The van der Waals surface area contributed by atoms with Crippen LogP contribution in [0.5, 0.6) is 5.75 Å². The summed E-state index contributed by atoms with van der Waals surface area (Å²) in [6.07, 6.45) is 3.51. The number of methoxy groups -OCH3 is 1. The van der Waals surface area contributed by atoms with Crippen LogP contribution < -0.4 is 4.74 Å². The van der Waals surface area contributed by atoms with Crippen LogP contribution in [-0.2, 0) is 9.53 Å². The second kappa shape index (κ2) is 5.01. The maximum absolute atomic E-state index is 12.0. The first-order chi connectivity index (χ1) is 8.57. The Morgan fingerprint density at radius 2 is 1.89 bits per heavy atom. The molecule has 0 heterocycles. The number of hydrogen-bond donors (Lipinski definition) is 0. The molecule has 1 saturated carbocycles. The molecule has 0 aromatic heterocycles. The number of benzene rings is 1. The molecule has 98 valence electrons. The van der Waals surface area contributed by atoms with Gasteiger partial charge in [0, 0.05) is 0 Å². The standard InChI is InChI=1S/C15H20O3/c1-11-6-7-13(12(2)10-11)18-15(14(16)17-3)8-4-5-9-15/h6-7,10H,4-5,8-9H2,1-3H3. The monoisotopic (exact) mass is 248 g/mol. The number of hydrogen-bond acceptors (Lipinski definition) is 3. The van der Waals surface area contributed by atoms with Crippen molar-refractivity contribution in [3.8, 4) is 5.75 Å². The largest absolute Gasteiger partial charge is 0.475 e. The third kappa shape index (κ3) is 2.35. The smallest absolute Gasteiger partial charge is 0.350 e. The lowest BCUT2D eigenvalue weighted by atomic mass is 10.0. The van der Waals surface area contributed by atoms with Crippen LogP contribution >= 0.6 is 0 Å². The van der Waals surface area contributed by atoms with Crippen LogP contribution in [0.15, 0.2) is 18.2 Å². The van der Waals surface area contributed by atoms with Gasteiger partial charge >= 0.3 is 5.97 Å². The van der Waals surface area contributed by atoms with Crippen molar-refractivity contribution in [2.24, 2.45) is 0 Å². The van der Waals surface area contributed by atoms with Crippen LogP contribution in [0.2, 0.25) is 0 Å². The Kier molecular flexibility index (Phi) is 3.60. The Morgan fingerprint density at radius 1 is 1.22 bits per heavy atom. The van der Waals surface area contributed by atoms with Crippen molar-refractivity contribution in [2.45, 2.75) is 45.1 Å². The number of aryl methyl sites for hydroxylation is 2. The van der Waals surface area contributed by atoms with Crippen molar-refractivity contribution < 1.29 is 14.3 Å². The SMILES string of the molecule is COC(=O)C1(Oc2ccc(C)cc2C)CCCC1. The van der Waals surface area contributed by atoms with Gasteiger partial charge in [-0.15, -0.1) is 0 Å². The molecule has 1 aliphatic carbocycles. The molecule has 18 heavy (non-hydrogen) atoms. The molecule has 2 rings (SSSR count). The minimum absolute atomic E-state index is 0.250. The van der Waals surface area contributed by atoms with E-state index in [1.165, 1.54) is 12.7 Å². The maximum atomic E-state index is 12.0. The second-order valence-electron chi connectivity index (χ2n) is 5.06. The summed E-state index contributed by atoms with van der Waals surface area (Å²) in [4.78, 5) is 12.0. The summed E-state index contributed by atoms with van der Waals surface area (Å²) in [6.45, 7) is 4.05. The van der Waals surface area contributed by atoms with E-state index in [1.54, 1.807) is 0 Å². The predicted octanol–water partition coefficient (Wildman–Crippen LogP) is 3.17. The lowest BCUT2D eigenvalue weighted by Gasteiger charge is -2.28. The van der Waals surface area contributed by atoms with Crippen molar-refractivity contribution in [3.05, 3.63) is 29.3 Å². The summed E-state index contributed by atoms with van der Waals surface area (Å²) in [5, 5.41) is 0. The average Bonchev–Trinajstić information content (AvgIpc) is 2.82. The van der Waals surface area contributed by atoms with E-state index in [0.29, 0.717) is 0 Å². The predicted molar refractivity (Wildman–Crippen MR) is 69.8 cm³/mol. The molecule has 0 saturated heterocycles. The van der Waals surface area contributed by atoms with Gasteiger partial charge in [-0.25, -0.2) is 4.79 Å². The minimum Gasteiger partial charge on any atom is -0.475 e. The molecule has 0 atom stereocenters. The lowest BCUT2D eigenvalue weighted by Crippen LogP contribution is -2.42. The van der Waals surface area contributed by atoms with Gasteiger partial charge in [0.05, 0.1) is 7.11 Å². The van der Waals surface area contributed by atoms with E-state index in [0.717, 1.165) is 37.0 Å². The minimum atomic E-state index is -0.769. The van der Waals surface area contributed by atoms with Gasteiger partial charge in [0.2, 0.25) is 5.60 Å². The Morgan fingerprint density at radius 3 is 2.44 bits per heavy atom. The number of esters is 1. The highest BCUT2D eigenvalue weighted by Crippen LogP contribution is 2.36. The molecule has 1 aliphatic rings. The fraction of sp³-hybridized carbons (Fsp3) is 0.533. The van der Waals surface area contributed by atoms with Gasteiger partial charge in [-0.1, -0.05) is 17.7 Å². The van der Waals surface area contributed by atoms with Crippen LogP contribution in [0, 0.1) is 13.8 Å². The molecule has 0 aliphatic heterocycles. The van der Waals surface area contributed by atoms with Gasteiger partial charge in [-0.05, 0) is 51.2 Å². The highest BCUT2D eigenvalue weighted by atomic mass is 16.6. The van der Waals surface area contributed by atoms with E-state index in [1.807, 2.05) is 26.0 Å². The van der Waals surface area contributed by atoms with E-state index in [4.69, 9.17) is 9.47 Å². The molecule has 1 aromatic carbocycles. The normalized spacial score (nSPS) is 17.5. The van der Waals surface area contributed by atoms with Crippen molar-refractivity contribution in [1.29, 1.82) is 0 Å². The first-order valence-electron chi connectivity index (χ1n) is 6.42. The first kappa shape index (κ1) is 12.9. The molecule has 3 nitrogen and oxygen atoms in total. The number of ether oxygens (including phenoxy) is 2. The number of rotatable bonds is 3. The fourth-order valence-corrected chi connectivity index (χ4v) is 2.60. The third-order valence-electron chi connectivity index (χ3n) is 3.60. The Balaban J connectivity index is 2.26. The zero-order valence-corrected chi connectivity index (χ0v) is 11.3. The Bertz CT molecular complexity index is 445. The van der Waals surface area contributed by atoms with Crippen molar-refractivity contribution in [2.75, 3.05) is 7.11 Å². The number of carbonyl (C=O) groups is 1. The summed E-state index contributed by atoms with van der Waals surface area (Å²) in [5.41, 5.74) is 1.48. The molecule has 0 N–H and O–H groups in total. The molecule has 3 heteroatoms. The highest BCUT2D eigenvalue weighted by molar-refractivity contribution is 5.80. The summed E-state index contributed by atoms with van der Waals surface area (Å²) in [5.74, 6) is 0.535. The molecule has 0 radical (unpaired) electrons. The van der Waals surface area contributed by atoms with E-state index in [9.17, 15) is 4.79 Å². The Labute approximate surface area is 108 Å².